The number of fused-ring (bicyclic) bond motifs is 2. The molecule has 1 saturated heterocycles. The van der Waals surface area contributed by atoms with E-state index in [0.29, 0.717) is 0 Å². The summed E-state index contributed by atoms with van der Waals surface area (Å²) < 4.78 is 5.01. The molecule has 0 saturated carbocycles. The summed E-state index contributed by atoms with van der Waals surface area (Å²) in [5.41, 5.74) is 0. The molecule has 0 aliphatic carbocycles. The Balaban J connectivity index is 0.000000114. The Kier molecular flexibility index (Phi) is 3.62. The lowest BCUT2D eigenvalue weighted by molar-refractivity contribution is 0.240. The molecule has 3 aliphatic heterocycles. The molecule has 3 heterocycles. The number of piperidine rings is 1. The molecule has 0 amide bonds. The standard InChI is InChI=1S/C7H15N.C6H4O/c1-2-8-6-4-3-5-7-8;1-2-5-4-6(3-1)7-5/h2-7H2,1H3;1-4H. The third kappa shape index (κ3) is 2.96. The fourth-order valence-corrected chi connectivity index (χ4v) is 1.95. The summed E-state index contributed by atoms with van der Waals surface area (Å²) in [6, 6.07) is 7.86. The second-order valence-electron chi connectivity index (χ2n) is 4.07. The zero-order chi connectivity index (χ0) is 10.5. The number of nitrogens with zero attached hydrogens (tertiary/aromatic N) is 1. The summed E-state index contributed by atoms with van der Waals surface area (Å²) in [6.07, 6.45) is 4.30. The third-order valence-corrected chi connectivity index (χ3v) is 2.94. The molecule has 4 rings (SSSR count). The molecule has 3 aliphatic rings. The molecule has 2 bridgehead atoms. The zero-order valence-corrected chi connectivity index (χ0v) is 9.41. The minimum absolute atomic E-state index is 0.984. The summed E-state index contributed by atoms with van der Waals surface area (Å²) in [5.74, 6) is 1.97. The van der Waals surface area contributed by atoms with Crippen molar-refractivity contribution < 1.29 is 4.74 Å². The van der Waals surface area contributed by atoms with Gasteiger partial charge >= 0.3 is 0 Å². The van der Waals surface area contributed by atoms with Crippen molar-refractivity contribution in [3.63, 3.8) is 0 Å². The normalized spacial score (nSPS) is 18.2. The van der Waals surface area contributed by atoms with E-state index in [4.69, 9.17) is 4.74 Å². The molecule has 2 nitrogen and oxygen atoms in total. The van der Waals surface area contributed by atoms with Crippen LogP contribution in [0.4, 0.5) is 0 Å². The van der Waals surface area contributed by atoms with Crippen LogP contribution in [0.5, 0.6) is 11.5 Å². The molecule has 0 spiro atoms. The molecule has 1 aromatic carbocycles. The van der Waals surface area contributed by atoms with Gasteiger partial charge in [-0.05, 0) is 44.6 Å². The van der Waals surface area contributed by atoms with Crippen LogP contribution in [0.3, 0.4) is 0 Å². The van der Waals surface area contributed by atoms with Gasteiger partial charge in [-0.3, -0.25) is 0 Å². The van der Waals surface area contributed by atoms with E-state index in [1.165, 1.54) is 38.9 Å². The highest BCUT2D eigenvalue weighted by Crippen LogP contribution is 2.32. The molecule has 1 fully saturated rings. The van der Waals surface area contributed by atoms with E-state index < -0.39 is 0 Å². The SMILES string of the molecule is CCN1CCCCC1.c1cc2cc(c1)O2. The topological polar surface area (TPSA) is 12.5 Å². The van der Waals surface area contributed by atoms with Crippen LogP contribution >= 0.6 is 0 Å². The summed E-state index contributed by atoms with van der Waals surface area (Å²) in [7, 11) is 0. The van der Waals surface area contributed by atoms with Gasteiger partial charge in [-0.1, -0.05) is 19.4 Å². The first-order valence-corrected chi connectivity index (χ1v) is 5.89. The van der Waals surface area contributed by atoms with Crippen molar-refractivity contribution in [3.05, 3.63) is 24.3 Å². The van der Waals surface area contributed by atoms with Crippen molar-refractivity contribution in [1.29, 1.82) is 0 Å². The van der Waals surface area contributed by atoms with Gasteiger partial charge in [-0.15, -0.1) is 0 Å². The number of rotatable bonds is 1. The molecule has 2 heteroatoms. The lowest BCUT2D eigenvalue weighted by Crippen LogP contribution is -2.29. The highest BCUT2D eigenvalue weighted by atomic mass is 16.5. The Bertz CT molecular complexity index is 280. The van der Waals surface area contributed by atoms with Crippen LogP contribution in [-0.2, 0) is 0 Å². The van der Waals surface area contributed by atoms with E-state index in [1.54, 1.807) is 0 Å². The first-order chi connectivity index (χ1) is 7.38. The number of benzene rings is 1. The smallest absolute Gasteiger partial charge is 0.131 e. The Morgan fingerprint density at radius 3 is 2.00 bits per heavy atom. The molecule has 0 aromatic heterocycles. The number of ether oxygens (including phenoxy) is 1. The third-order valence-electron chi connectivity index (χ3n) is 2.94. The summed E-state index contributed by atoms with van der Waals surface area (Å²) in [4.78, 5) is 2.52. The maximum absolute atomic E-state index is 5.01. The summed E-state index contributed by atoms with van der Waals surface area (Å²) in [6.45, 7) is 6.18. The molecule has 1 aromatic rings. The monoisotopic (exact) mass is 205 g/mol. The van der Waals surface area contributed by atoms with Crippen LogP contribution in [0.25, 0.3) is 0 Å². The molecule has 15 heavy (non-hydrogen) atoms. The van der Waals surface area contributed by atoms with Gasteiger partial charge in [-0.25, -0.2) is 0 Å². The molecule has 0 N–H and O–H groups in total. The van der Waals surface area contributed by atoms with Gasteiger partial charge in [0.1, 0.15) is 11.5 Å². The Morgan fingerprint density at radius 1 is 1.13 bits per heavy atom. The predicted molar refractivity (Wildman–Crippen MR) is 62.5 cm³/mol. The van der Waals surface area contributed by atoms with Gasteiger partial charge in [0, 0.05) is 6.07 Å². The van der Waals surface area contributed by atoms with Crippen LogP contribution in [-0.4, -0.2) is 24.5 Å². The first kappa shape index (κ1) is 10.5. The highest BCUT2D eigenvalue weighted by molar-refractivity contribution is 5.43. The fraction of sp³-hybridized carbons (Fsp3) is 0.538. The van der Waals surface area contributed by atoms with E-state index in [2.05, 4.69) is 11.8 Å². The van der Waals surface area contributed by atoms with Crippen LogP contribution in [0.1, 0.15) is 26.2 Å². The number of hydrogen-bond acceptors (Lipinski definition) is 2. The van der Waals surface area contributed by atoms with Crippen LogP contribution in [0.2, 0.25) is 0 Å². The summed E-state index contributed by atoms with van der Waals surface area (Å²) in [5, 5.41) is 0. The van der Waals surface area contributed by atoms with Crippen LogP contribution in [0, 0.1) is 0 Å². The van der Waals surface area contributed by atoms with Gasteiger partial charge in [0.25, 0.3) is 0 Å². The molecule has 0 atom stereocenters. The molecule has 82 valence electrons. The lowest BCUT2D eigenvalue weighted by atomic mass is 10.1. The van der Waals surface area contributed by atoms with Crippen molar-refractivity contribution in [2.45, 2.75) is 26.2 Å². The fourth-order valence-electron chi connectivity index (χ4n) is 1.95. The van der Waals surface area contributed by atoms with Crippen molar-refractivity contribution in [2.75, 3.05) is 19.6 Å². The number of likely N-dealkylation sites (tertiary alicyclic amines) is 1. The highest BCUT2D eigenvalue weighted by Gasteiger charge is 2.06. The van der Waals surface area contributed by atoms with Crippen molar-refractivity contribution in [2.24, 2.45) is 0 Å². The van der Waals surface area contributed by atoms with Crippen molar-refractivity contribution in [3.8, 4) is 11.5 Å². The van der Waals surface area contributed by atoms with E-state index in [-0.39, 0.29) is 0 Å². The van der Waals surface area contributed by atoms with Crippen molar-refractivity contribution in [1.82, 2.24) is 4.90 Å². The molecular weight excluding hydrogens is 186 g/mol. The quantitative estimate of drug-likeness (QED) is 0.708. The van der Waals surface area contributed by atoms with E-state index in [1.807, 2.05) is 24.3 Å². The van der Waals surface area contributed by atoms with Crippen LogP contribution in [0.15, 0.2) is 24.3 Å². The Hall–Kier alpha value is -1.02. The van der Waals surface area contributed by atoms with Gasteiger partial charge in [0.15, 0.2) is 0 Å². The lowest BCUT2D eigenvalue weighted by Gasteiger charge is -2.24. The minimum atomic E-state index is 0.984. The van der Waals surface area contributed by atoms with Gasteiger partial charge in [0.05, 0.1) is 0 Å². The molecule has 0 unspecified atom stereocenters. The minimum Gasteiger partial charge on any atom is -0.457 e. The second-order valence-corrected chi connectivity index (χ2v) is 4.07. The maximum atomic E-state index is 5.01. The van der Waals surface area contributed by atoms with Gasteiger partial charge < -0.3 is 9.64 Å². The van der Waals surface area contributed by atoms with E-state index in [9.17, 15) is 0 Å². The Morgan fingerprint density at radius 2 is 1.73 bits per heavy atom. The second kappa shape index (κ2) is 5.17. The average molecular weight is 205 g/mol. The number of hydrogen-bond donors (Lipinski definition) is 0. The Labute approximate surface area is 91.9 Å². The average Bonchev–Trinajstić information content (AvgIpc) is 2.31. The molecular formula is C13H19NO. The zero-order valence-electron chi connectivity index (χ0n) is 9.41. The van der Waals surface area contributed by atoms with Crippen molar-refractivity contribution >= 4 is 0 Å². The maximum Gasteiger partial charge on any atom is 0.131 e. The van der Waals surface area contributed by atoms with E-state index >= 15 is 0 Å². The van der Waals surface area contributed by atoms with Gasteiger partial charge in [0.2, 0.25) is 0 Å². The van der Waals surface area contributed by atoms with Gasteiger partial charge in [-0.2, -0.15) is 0 Å². The molecule has 0 radical (unpaired) electrons. The summed E-state index contributed by atoms with van der Waals surface area (Å²) >= 11 is 0. The van der Waals surface area contributed by atoms with E-state index in [0.717, 1.165) is 11.5 Å². The largest absolute Gasteiger partial charge is 0.457 e. The first-order valence-electron chi connectivity index (χ1n) is 5.89. The predicted octanol–water partition coefficient (Wildman–Crippen LogP) is 3.28. The van der Waals surface area contributed by atoms with Crippen LogP contribution < -0.4 is 4.74 Å².